The third-order valence-corrected chi connectivity index (χ3v) is 6.16. The molecule has 2 heterocycles. The molecule has 0 unspecified atom stereocenters. The summed E-state index contributed by atoms with van der Waals surface area (Å²) in [5.74, 6) is -0.161. The second-order valence-corrected chi connectivity index (χ2v) is 8.10. The summed E-state index contributed by atoms with van der Waals surface area (Å²) in [5.41, 5.74) is 2.43. The lowest BCUT2D eigenvalue weighted by Crippen LogP contribution is -2.38. The van der Waals surface area contributed by atoms with E-state index in [4.69, 9.17) is 16.3 Å². The Hall–Kier alpha value is -3.03. The number of rotatable bonds is 4. The van der Waals surface area contributed by atoms with Crippen LogP contribution in [0.2, 0.25) is 5.02 Å². The summed E-state index contributed by atoms with van der Waals surface area (Å²) in [5, 5.41) is 4.04. The minimum absolute atomic E-state index is 0.169. The van der Waals surface area contributed by atoms with Crippen molar-refractivity contribution in [1.29, 1.82) is 0 Å². The van der Waals surface area contributed by atoms with Crippen molar-refractivity contribution in [2.24, 2.45) is 0 Å². The highest BCUT2D eigenvalue weighted by atomic mass is 35.5. The lowest BCUT2D eigenvalue weighted by Gasteiger charge is -2.22. The Labute approximate surface area is 183 Å². The first-order valence-corrected chi connectivity index (χ1v) is 10.3. The van der Waals surface area contributed by atoms with Crippen LogP contribution in [0.3, 0.4) is 0 Å². The summed E-state index contributed by atoms with van der Waals surface area (Å²) in [7, 11) is 1.51. The molecular formula is C22H18ClN3O3S. The zero-order valence-corrected chi connectivity index (χ0v) is 17.9. The Morgan fingerprint density at radius 1 is 1.23 bits per heavy atom. The number of hydrogen-bond donors (Lipinski definition) is 1. The van der Waals surface area contributed by atoms with Crippen LogP contribution in [0.5, 0.6) is 5.75 Å². The van der Waals surface area contributed by atoms with E-state index in [9.17, 15) is 9.59 Å². The van der Waals surface area contributed by atoms with Crippen LogP contribution in [0.15, 0.2) is 64.6 Å². The smallest absolute Gasteiger partial charge is 0.259 e. The third kappa shape index (κ3) is 3.86. The van der Waals surface area contributed by atoms with E-state index in [0.717, 1.165) is 10.5 Å². The molecule has 8 heteroatoms. The Kier molecular flexibility index (Phi) is 5.65. The molecule has 3 aromatic rings. The van der Waals surface area contributed by atoms with Crippen molar-refractivity contribution in [1.82, 2.24) is 4.98 Å². The molecule has 0 radical (unpaired) electrons. The van der Waals surface area contributed by atoms with Crippen LogP contribution in [0.4, 0.5) is 11.4 Å². The van der Waals surface area contributed by atoms with Crippen LogP contribution in [0, 0.1) is 6.92 Å². The van der Waals surface area contributed by atoms with Gasteiger partial charge >= 0.3 is 0 Å². The maximum absolute atomic E-state index is 13.3. The van der Waals surface area contributed by atoms with Gasteiger partial charge in [0.05, 0.1) is 24.0 Å². The summed E-state index contributed by atoms with van der Waals surface area (Å²) >= 11 is 7.55. The molecule has 1 aliphatic rings. The van der Waals surface area contributed by atoms with Gasteiger partial charge in [-0.1, -0.05) is 35.5 Å². The van der Waals surface area contributed by atoms with Gasteiger partial charge in [-0.3, -0.25) is 14.5 Å². The number of halogens is 1. The number of methoxy groups -OCH3 is 1. The number of carbonyl (C=O) groups is 2. The molecule has 0 saturated carbocycles. The molecule has 6 nitrogen and oxygen atoms in total. The highest BCUT2D eigenvalue weighted by molar-refractivity contribution is 7.99. The molecule has 1 N–H and O–H groups in total. The zero-order chi connectivity index (χ0) is 21.3. The number of carbonyl (C=O) groups excluding carboxylic acids is 2. The number of aryl methyl sites for hydroxylation is 1. The van der Waals surface area contributed by atoms with Gasteiger partial charge in [-0.05, 0) is 42.8 Å². The van der Waals surface area contributed by atoms with Crippen molar-refractivity contribution in [3.8, 4) is 5.75 Å². The van der Waals surface area contributed by atoms with Gasteiger partial charge in [0.25, 0.3) is 5.91 Å². The van der Waals surface area contributed by atoms with Gasteiger partial charge in [-0.25, -0.2) is 4.98 Å². The summed E-state index contributed by atoms with van der Waals surface area (Å²) in [6.07, 6.45) is 1.67. The average molecular weight is 440 g/mol. The van der Waals surface area contributed by atoms with Crippen LogP contribution >= 0.6 is 23.4 Å². The molecule has 1 aliphatic heterocycles. The minimum Gasteiger partial charge on any atom is -0.495 e. The highest BCUT2D eigenvalue weighted by Crippen LogP contribution is 2.39. The fourth-order valence-corrected chi connectivity index (χ4v) is 4.35. The minimum atomic E-state index is -0.359. The molecule has 2 amide bonds. The van der Waals surface area contributed by atoms with Gasteiger partial charge in [0, 0.05) is 22.2 Å². The van der Waals surface area contributed by atoms with Gasteiger partial charge in [0.1, 0.15) is 17.3 Å². The van der Waals surface area contributed by atoms with Gasteiger partial charge in [-0.15, -0.1) is 0 Å². The van der Waals surface area contributed by atoms with Crippen molar-refractivity contribution < 1.29 is 14.3 Å². The summed E-state index contributed by atoms with van der Waals surface area (Å²) in [6, 6.07) is 14.2. The summed E-state index contributed by atoms with van der Waals surface area (Å²) in [4.78, 5) is 32.8. The average Bonchev–Trinajstić information content (AvgIpc) is 2.85. The Morgan fingerprint density at radius 2 is 2.03 bits per heavy atom. The quantitative estimate of drug-likeness (QED) is 0.632. The second kappa shape index (κ2) is 8.38. The molecule has 0 saturated heterocycles. The molecule has 30 heavy (non-hydrogen) atoms. The van der Waals surface area contributed by atoms with Crippen LogP contribution in [-0.2, 0) is 4.79 Å². The van der Waals surface area contributed by atoms with Gasteiger partial charge < -0.3 is 10.1 Å². The number of pyridine rings is 1. The van der Waals surface area contributed by atoms with Gasteiger partial charge in [0.2, 0.25) is 5.91 Å². The standard InChI is InChI=1S/C22H18ClN3O3S/c1-13-10-16(18(29-2)11-15(13)23)25-20(27)12-26-17-7-5-9-24-21(17)30-19-8-4-3-6-14(19)22(26)28/h3-11H,12H2,1-2H3,(H,25,27). The molecule has 152 valence electrons. The van der Waals surface area contributed by atoms with E-state index in [0.29, 0.717) is 32.7 Å². The number of benzene rings is 2. The molecule has 0 spiro atoms. The van der Waals surface area contributed by atoms with Gasteiger partial charge in [0.15, 0.2) is 0 Å². The van der Waals surface area contributed by atoms with Gasteiger partial charge in [-0.2, -0.15) is 0 Å². The number of aromatic nitrogens is 1. The predicted octanol–water partition coefficient (Wildman–Crippen LogP) is 4.80. The van der Waals surface area contributed by atoms with Crippen molar-refractivity contribution in [2.75, 3.05) is 23.9 Å². The SMILES string of the molecule is COc1cc(Cl)c(C)cc1NC(=O)CN1C(=O)c2ccccc2Sc2ncccc21. The predicted molar refractivity (Wildman–Crippen MR) is 118 cm³/mol. The van der Waals surface area contributed by atoms with Crippen LogP contribution in [0.25, 0.3) is 0 Å². The molecule has 0 bridgehead atoms. The fraction of sp³-hybridized carbons (Fsp3) is 0.136. The number of anilines is 2. The van der Waals surface area contributed by atoms with Crippen LogP contribution in [-0.4, -0.2) is 30.5 Å². The topological polar surface area (TPSA) is 71.5 Å². The highest BCUT2D eigenvalue weighted by Gasteiger charge is 2.29. The molecule has 2 aromatic carbocycles. The van der Waals surface area contributed by atoms with Crippen LogP contribution in [0.1, 0.15) is 15.9 Å². The van der Waals surface area contributed by atoms with Crippen molar-refractivity contribution in [3.05, 3.63) is 70.9 Å². The zero-order valence-electron chi connectivity index (χ0n) is 16.3. The van der Waals surface area contributed by atoms with E-state index in [1.54, 1.807) is 42.6 Å². The Balaban J connectivity index is 1.66. The fourth-order valence-electron chi connectivity index (χ4n) is 3.18. The first kappa shape index (κ1) is 20.3. The number of amides is 2. The monoisotopic (exact) mass is 439 g/mol. The lowest BCUT2D eigenvalue weighted by atomic mass is 10.2. The normalized spacial score (nSPS) is 12.6. The van der Waals surface area contributed by atoms with Crippen LogP contribution < -0.4 is 15.0 Å². The van der Waals surface area contributed by atoms with E-state index in [-0.39, 0.29) is 18.4 Å². The van der Waals surface area contributed by atoms with Crippen molar-refractivity contribution >= 4 is 46.6 Å². The van der Waals surface area contributed by atoms with E-state index < -0.39 is 0 Å². The maximum Gasteiger partial charge on any atom is 0.259 e. The molecule has 0 fully saturated rings. The molecule has 1 aromatic heterocycles. The molecular weight excluding hydrogens is 422 g/mol. The molecule has 0 atom stereocenters. The summed E-state index contributed by atoms with van der Waals surface area (Å²) < 4.78 is 5.32. The van der Waals surface area contributed by atoms with E-state index in [1.807, 2.05) is 19.1 Å². The van der Waals surface area contributed by atoms with E-state index in [2.05, 4.69) is 10.3 Å². The first-order valence-electron chi connectivity index (χ1n) is 9.15. The largest absolute Gasteiger partial charge is 0.495 e. The number of ether oxygens (including phenoxy) is 1. The number of nitrogens with zero attached hydrogens (tertiary/aromatic N) is 2. The number of nitrogens with one attached hydrogen (secondary N) is 1. The van der Waals surface area contributed by atoms with E-state index in [1.165, 1.54) is 23.8 Å². The Bertz CT molecular complexity index is 1150. The van der Waals surface area contributed by atoms with E-state index >= 15 is 0 Å². The Morgan fingerprint density at radius 3 is 2.83 bits per heavy atom. The number of hydrogen-bond acceptors (Lipinski definition) is 5. The maximum atomic E-state index is 13.3. The van der Waals surface area contributed by atoms with Crippen molar-refractivity contribution in [3.63, 3.8) is 0 Å². The lowest BCUT2D eigenvalue weighted by molar-refractivity contribution is -0.114. The first-order chi connectivity index (χ1) is 14.5. The van der Waals surface area contributed by atoms with Crippen molar-refractivity contribution in [2.45, 2.75) is 16.8 Å². The molecule has 0 aliphatic carbocycles. The summed E-state index contributed by atoms with van der Waals surface area (Å²) in [6.45, 7) is 1.67. The second-order valence-electron chi connectivity index (χ2n) is 6.67. The number of fused-ring (bicyclic) bond motifs is 2. The third-order valence-electron chi connectivity index (χ3n) is 4.67. The molecule has 4 rings (SSSR count).